The van der Waals surface area contributed by atoms with Gasteiger partial charge >= 0.3 is 6.18 Å². The Morgan fingerprint density at radius 2 is 2.03 bits per heavy atom. The summed E-state index contributed by atoms with van der Waals surface area (Å²) < 4.78 is 40.0. The Bertz CT molecular complexity index is 958. The van der Waals surface area contributed by atoms with E-state index in [4.69, 9.17) is 0 Å². The van der Waals surface area contributed by atoms with Crippen molar-refractivity contribution < 1.29 is 27.6 Å². The molecule has 1 aromatic carbocycles. The number of aromatic nitrogens is 1. The average molecular weight is 426 g/mol. The molecule has 0 spiro atoms. The van der Waals surface area contributed by atoms with E-state index in [0.717, 1.165) is 18.6 Å². The smallest absolute Gasteiger partial charge is 0.326 e. The van der Waals surface area contributed by atoms with Crippen LogP contribution in [0.3, 0.4) is 0 Å². The minimum atomic E-state index is -4.72. The Kier molecular flexibility index (Phi) is 5.87. The van der Waals surface area contributed by atoms with Crippen LogP contribution in [0.25, 0.3) is 0 Å². The molecule has 1 saturated heterocycles. The van der Waals surface area contributed by atoms with Gasteiger partial charge in [-0.1, -0.05) is 0 Å². The lowest BCUT2D eigenvalue weighted by atomic mass is 10.1. The highest BCUT2D eigenvalue weighted by atomic mass is 32.1. The third kappa shape index (κ3) is 5.11. The molecule has 2 N–H and O–H groups in total. The van der Waals surface area contributed by atoms with Gasteiger partial charge in [0.15, 0.2) is 5.13 Å². The van der Waals surface area contributed by atoms with Crippen LogP contribution in [0.2, 0.25) is 0 Å². The number of thiazole rings is 1. The van der Waals surface area contributed by atoms with Crippen molar-refractivity contribution in [2.75, 3.05) is 22.1 Å². The van der Waals surface area contributed by atoms with E-state index in [1.165, 1.54) is 29.2 Å². The molecule has 1 aliphatic heterocycles. The number of rotatable bonds is 5. The number of halogens is 3. The first kappa shape index (κ1) is 20.8. The summed E-state index contributed by atoms with van der Waals surface area (Å²) in [4.78, 5) is 40.8. The first-order chi connectivity index (χ1) is 13.6. The number of carbonyl (C=O) groups excluding carboxylic acids is 3. The molecule has 1 fully saturated rings. The third-order valence-corrected chi connectivity index (χ3v) is 5.02. The Morgan fingerprint density at radius 1 is 1.28 bits per heavy atom. The second-order valence-corrected chi connectivity index (χ2v) is 7.27. The maximum Gasteiger partial charge on any atom is 0.418 e. The van der Waals surface area contributed by atoms with Gasteiger partial charge in [0.05, 0.1) is 23.4 Å². The van der Waals surface area contributed by atoms with Gasteiger partial charge in [-0.15, -0.1) is 11.3 Å². The van der Waals surface area contributed by atoms with Gasteiger partial charge in [0.25, 0.3) is 0 Å². The SMILES string of the molecule is CC(=O)Nc1ccc(NC(=O)Cc2csc(N3CCCC3=O)n2)c(C(F)(F)F)c1. The highest BCUT2D eigenvalue weighted by molar-refractivity contribution is 7.14. The summed E-state index contributed by atoms with van der Waals surface area (Å²) in [6, 6.07) is 3.12. The zero-order chi connectivity index (χ0) is 21.2. The molecule has 0 saturated carbocycles. The molecular weight excluding hydrogens is 409 g/mol. The van der Waals surface area contributed by atoms with Gasteiger partial charge in [-0.3, -0.25) is 19.3 Å². The fourth-order valence-corrected chi connectivity index (χ4v) is 3.75. The first-order valence-electron chi connectivity index (χ1n) is 8.67. The lowest BCUT2D eigenvalue weighted by molar-refractivity contribution is -0.137. The van der Waals surface area contributed by atoms with Crippen molar-refractivity contribution >= 4 is 45.6 Å². The number of nitrogens with one attached hydrogen (secondary N) is 2. The zero-order valence-corrected chi connectivity index (χ0v) is 16.1. The molecule has 1 aromatic heterocycles. The molecule has 1 aliphatic rings. The predicted octanol–water partition coefficient (Wildman–Crippen LogP) is 3.43. The van der Waals surface area contributed by atoms with E-state index >= 15 is 0 Å². The van der Waals surface area contributed by atoms with Gasteiger partial charge in [0.2, 0.25) is 17.7 Å². The Morgan fingerprint density at radius 3 is 2.66 bits per heavy atom. The van der Waals surface area contributed by atoms with Gasteiger partial charge < -0.3 is 10.6 Å². The Hall–Kier alpha value is -2.95. The molecule has 0 unspecified atom stereocenters. The third-order valence-electron chi connectivity index (χ3n) is 4.11. The van der Waals surface area contributed by atoms with Crippen LogP contribution in [0.1, 0.15) is 31.0 Å². The molecule has 154 valence electrons. The maximum absolute atomic E-state index is 13.3. The van der Waals surface area contributed by atoms with Crippen LogP contribution in [0.5, 0.6) is 0 Å². The molecule has 0 aliphatic carbocycles. The standard InChI is InChI=1S/C18H17F3N4O3S/c1-10(26)22-11-4-5-14(13(7-11)18(19,20)21)24-15(27)8-12-9-29-17(23-12)25-6-2-3-16(25)28/h4-5,7,9H,2-3,6,8H2,1H3,(H,22,26)(H,24,27). The molecule has 29 heavy (non-hydrogen) atoms. The number of hydrogen-bond acceptors (Lipinski definition) is 5. The van der Waals surface area contributed by atoms with Crippen molar-refractivity contribution in [3.8, 4) is 0 Å². The molecule has 2 heterocycles. The van der Waals surface area contributed by atoms with Crippen LogP contribution in [0.4, 0.5) is 29.7 Å². The van der Waals surface area contributed by atoms with E-state index in [0.29, 0.717) is 23.8 Å². The van der Waals surface area contributed by atoms with E-state index in [1.54, 1.807) is 5.38 Å². The predicted molar refractivity (Wildman–Crippen MR) is 102 cm³/mol. The van der Waals surface area contributed by atoms with Crippen molar-refractivity contribution in [3.63, 3.8) is 0 Å². The van der Waals surface area contributed by atoms with Crippen molar-refractivity contribution in [2.24, 2.45) is 0 Å². The number of carbonyl (C=O) groups is 3. The van der Waals surface area contributed by atoms with Gasteiger partial charge in [0.1, 0.15) is 0 Å². The molecule has 3 amide bonds. The Balaban J connectivity index is 1.72. The fraction of sp³-hybridized carbons (Fsp3) is 0.333. The quantitative estimate of drug-likeness (QED) is 0.766. The number of hydrogen-bond donors (Lipinski definition) is 2. The van der Waals surface area contributed by atoms with Gasteiger partial charge in [-0.05, 0) is 24.6 Å². The fourth-order valence-electron chi connectivity index (χ4n) is 2.88. The van der Waals surface area contributed by atoms with Crippen LogP contribution in [0.15, 0.2) is 23.6 Å². The van der Waals surface area contributed by atoms with Gasteiger partial charge in [-0.2, -0.15) is 13.2 Å². The summed E-state index contributed by atoms with van der Waals surface area (Å²) >= 11 is 1.21. The lowest BCUT2D eigenvalue weighted by Gasteiger charge is -2.15. The summed E-state index contributed by atoms with van der Waals surface area (Å²) in [5.41, 5.74) is -1.15. The van der Waals surface area contributed by atoms with E-state index in [2.05, 4.69) is 15.6 Å². The number of amides is 3. The van der Waals surface area contributed by atoms with Crippen LogP contribution in [-0.4, -0.2) is 29.3 Å². The highest BCUT2D eigenvalue weighted by Gasteiger charge is 2.34. The molecule has 0 atom stereocenters. The van der Waals surface area contributed by atoms with Crippen molar-refractivity contribution in [1.82, 2.24) is 4.98 Å². The summed E-state index contributed by atoms with van der Waals surface area (Å²) in [5.74, 6) is -1.22. The van der Waals surface area contributed by atoms with Crippen molar-refractivity contribution in [1.29, 1.82) is 0 Å². The number of benzene rings is 1. The molecule has 3 rings (SSSR count). The minimum Gasteiger partial charge on any atom is -0.326 e. The maximum atomic E-state index is 13.3. The summed E-state index contributed by atoms with van der Waals surface area (Å²) in [6.45, 7) is 1.74. The molecule has 2 aromatic rings. The topological polar surface area (TPSA) is 91.4 Å². The second-order valence-electron chi connectivity index (χ2n) is 6.43. The lowest BCUT2D eigenvalue weighted by Crippen LogP contribution is -2.23. The van der Waals surface area contributed by atoms with Crippen LogP contribution in [0, 0.1) is 0 Å². The molecule has 7 nitrogen and oxygen atoms in total. The normalized spacial score (nSPS) is 14.2. The number of nitrogens with zero attached hydrogens (tertiary/aromatic N) is 2. The summed E-state index contributed by atoms with van der Waals surface area (Å²) in [7, 11) is 0. The van der Waals surface area contributed by atoms with Crippen LogP contribution >= 0.6 is 11.3 Å². The second kappa shape index (κ2) is 8.19. The largest absolute Gasteiger partial charge is 0.418 e. The van der Waals surface area contributed by atoms with Gasteiger partial charge in [0, 0.05) is 31.0 Å². The van der Waals surface area contributed by atoms with Crippen molar-refractivity contribution in [2.45, 2.75) is 32.4 Å². The molecule has 11 heteroatoms. The van der Waals surface area contributed by atoms with Gasteiger partial charge in [-0.25, -0.2) is 4.98 Å². The first-order valence-corrected chi connectivity index (χ1v) is 9.55. The average Bonchev–Trinajstić information content (AvgIpc) is 3.23. The number of anilines is 3. The molecule has 0 bridgehead atoms. The van der Waals surface area contributed by atoms with E-state index in [9.17, 15) is 27.6 Å². The number of alkyl halides is 3. The molecule has 0 radical (unpaired) electrons. The monoisotopic (exact) mass is 426 g/mol. The summed E-state index contributed by atoms with van der Waals surface area (Å²) in [6.07, 6.45) is -3.77. The van der Waals surface area contributed by atoms with Crippen LogP contribution < -0.4 is 15.5 Å². The minimum absolute atomic E-state index is 0.0257. The summed E-state index contributed by atoms with van der Waals surface area (Å²) in [5, 5.41) is 6.60. The van der Waals surface area contributed by atoms with E-state index < -0.39 is 29.2 Å². The zero-order valence-electron chi connectivity index (χ0n) is 15.3. The van der Waals surface area contributed by atoms with Crippen LogP contribution in [-0.2, 0) is 27.0 Å². The van der Waals surface area contributed by atoms with E-state index in [-0.39, 0.29) is 18.0 Å². The Labute approximate surface area is 167 Å². The molecular formula is C18H17F3N4O3S. The highest BCUT2D eigenvalue weighted by Crippen LogP contribution is 2.36. The van der Waals surface area contributed by atoms with E-state index in [1.807, 2.05) is 0 Å². The van der Waals surface area contributed by atoms with Crippen molar-refractivity contribution in [3.05, 3.63) is 34.8 Å².